The Morgan fingerprint density at radius 3 is 2.63 bits per heavy atom. The lowest BCUT2D eigenvalue weighted by Crippen LogP contribution is -2.35. The molecule has 1 heterocycles. The Labute approximate surface area is 182 Å². The molecular weight excluding hydrogens is 406 g/mol. The van der Waals surface area contributed by atoms with Crippen LogP contribution >= 0.6 is 11.6 Å². The summed E-state index contributed by atoms with van der Waals surface area (Å²) >= 11 is 6.53. The summed E-state index contributed by atoms with van der Waals surface area (Å²) in [7, 11) is 1.30. The van der Waals surface area contributed by atoms with Crippen molar-refractivity contribution < 1.29 is 19.4 Å². The molecule has 30 heavy (non-hydrogen) atoms. The second kappa shape index (κ2) is 10.5. The van der Waals surface area contributed by atoms with Gasteiger partial charge in [0.2, 0.25) is 0 Å². The number of rotatable bonds is 8. The van der Waals surface area contributed by atoms with Gasteiger partial charge in [-0.25, -0.2) is 4.79 Å². The normalized spacial score (nSPS) is 17.5. The smallest absolute Gasteiger partial charge is 0.336 e. The maximum Gasteiger partial charge on any atom is 0.336 e. The van der Waals surface area contributed by atoms with Crippen LogP contribution in [0, 0.1) is 11.3 Å². The predicted octanol–water partition coefficient (Wildman–Crippen LogP) is 3.01. The number of dihydropyridines is 1. The van der Waals surface area contributed by atoms with Crippen molar-refractivity contribution >= 4 is 17.6 Å². The molecule has 0 saturated heterocycles. The molecule has 0 spiro atoms. The number of ether oxygens (including phenoxy) is 2. The van der Waals surface area contributed by atoms with Crippen LogP contribution in [0.1, 0.15) is 39.2 Å². The van der Waals surface area contributed by atoms with Gasteiger partial charge in [-0.3, -0.25) is 0 Å². The predicted molar refractivity (Wildman–Crippen MR) is 115 cm³/mol. The minimum Gasteiger partial charge on any atom is -0.491 e. The van der Waals surface area contributed by atoms with Gasteiger partial charge in [0.25, 0.3) is 0 Å². The van der Waals surface area contributed by atoms with E-state index in [1.54, 1.807) is 32.0 Å². The monoisotopic (exact) mass is 433 g/mol. The van der Waals surface area contributed by atoms with Crippen molar-refractivity contribution in [3.05, 3.63) is 51.3 Å². The molecule has 3 N–H and O–H groups in total. The Hall–Kier alpha value is -2.53. The molecule has 8 heteroatoms. The zero-order chi connectivity index (χ0) is 22.4. The number of nitriles is 1. The van der Waals surface area contributed by atoms with Gasteiger partial charge in [-0.1, -0.05) is 31.5 Å². The highest BCUT2D eigenvalue weighted by Gasteiger charge is 2.35. The number of aliphatic hydroxyl groups excluding tert-OH is 1. The van der Waals surface area contributed by atoms with Crippen LogP contribution in [-0.2, 0) is 9.53 Å². The first-order chi connectivity index (χ1) is 14.2. The van der Waals surface area contributed by atoms with E-state index in [0.717, 1.165) is 0 Å². The Morgan fingerprint density at radius 1 is 1.37 bits per heavy atom. The van der Waals surface area contributed by atoms with Crippen molar-refractivity contribution in [3.63, 3.8) is 0 Å². The molecule has 0 bridgehead atoms. The molecule has 1 unspecified atom stereocenters. The molecule has 0 radical (unpaired) electrons. The van der Waals surface area contributed by atoms with Crippen LogP contribution in [-0.4, -0.2) is 43.5 Å². The lowest BCUT2D eigenvalue weighted by Gasteiger charge is -2.29. The number of nitrogens with zero attached hydrogens (tertiary/aromatic N) is 1. The van der Waals surface area contributed by atoms with E-state index in [1.165, 1.54) is 7.11 Å². The summed E-state index contributed by atoms with van der Waals surface area (Å²) in [6.07, 6.45) is -0.664. The topological polar surface area (TPSA) is 104 Å². The number of halogens is 1. The highest BCUT2D eigenvalue weighted by Crippen LogP contribution is 2.41. The van der Waals surface area contributed by atoms with E-state index in [1.807, 2.05) is 13.8 Å². The Bertz CT molecular complexity index is 902. The summed E-state index contributed by atoms with van der Waals surface area (Å²) in [6, 6.07) is 7.51. The van der Waals surface area contributed by atoms with Gasteiger partial charge in [-0.05, 0) is 31.5 Å². The van der Waals surface area contributed by atoms with Crippen molar-refractivity contribution in [2.45, 2.75) is 45.8 Å². The molecule has 0 amide bonds. The fourth-order valence-electron chi connectivity index (χ4n) is 3.29. The highest BCUT2D eigenvalue weighted by molar-refractivity contribution is 6.31. The molecule has 0 saturated carbocycles. The average Bonchev–Trinajstić information content (AvgIpc) is 2.69. The molecule has 1 aliphatic rings. The van der Waals surface area contributed by atoms with Crippen LogP contribution in [0.4, 0.5) is 0 Å². The van der Waals surface area contributed by atoms with E-state index in [-0.39, 0.29) is 12.6 Å². The number of nitrogens with one attached hydrogen (secondary N) is 2. The molecular formula is C22H28ClN3O4. The minimum absolute atomic E-state index is 0.109. The van der Waals surface area contributed by atoms with Crippen molar-refractivity contribution in [2.75, 3.05) is 20.3 Å². The van der Waals surface area contributed by atoms with Crippen LogP contribution in [0.25, 0.3) is 0 Å². The average molecular weight is 434 g/mol. The van der Waals surface area contributed by atoms with Crippen molar-refractivity contribution in [1.29, 1.82) is 5.26 Å². The number of aliphatic hydroxyl groups is 1. The van der Waals surface area contributed by atoms with Gasteiger partial charge in [0.15, 0.2) is 0 Å². The van der Waals surface area contributed by atoms with Crippen molar-refractivity contribution in [3.8, 4) is 11.8 Å². The summed E-state index contributed by atoms with van der Waals surface area (Å²) < 4.78 is 10.6. The summed E-state index contributed by atoms with van der Waals surface area (Å²) in [5.41, 5.74) is 2.60. The van der Waals surface area contributed by atoms with E-state index in [0.29, 0.717) is 45.4 Å². The quantitative estimate of drug-likeness (QED) is 0.541. The van der Waals surface area contributed by atoms with Crippen molar-refractivity contribution in [1.82, 2.24) is 10.6 Å². The molecule has 162 valence electrons. The van der Waals surface area contributed by atoms with Gasteiger partial charge in [0.1, 0.15) is 18.5 Å². The summed E-state index contributed by atoms with van der Waals surface area (Å²) in [5, 5.41) is 26.3. The first kappa shape index (κ1) is 23.7. The largest absolute Gasteiger partial charge is 0.491 e. The van der Waals surface area contributed by atoms with Crippen LogP contribution < -0.4 is 15.4 Å². The molecule has 0 fully saturated rings. The lowest BCUT2D eigenvalue weighted by atomic mass is 9.81. The maximum absolute atomic E-state index is 12.4. The van der Waals surface area contributed by atoms with E-state index in [4.69, 9.17) is 21.1 Å². The molecule has 7 nitrogen and oxygen atoms in total. The zero-order valence-corrected chi connectivity index (χ0v) is 18.6. The Balaban J connectivity index is 2.30. The number of hydrogen-bond donors (Lipinski definition) is 3. The lowest BCUT2D eigenvalue weighted by molar-refractivity contribution is -0.136. The second-order valence-electron chi connectivity index (χ2n) is 7.45. The Morgan fingerprint density at radius 2 is 2.07 bits per heavy atom. The molecule has 2 atom stereocenters. The zero-order valence-electron chi connectivity index (χ0n) is 17.9. The number of methoxy groups -OCH3 is 1. The number of allylic oxidation sites excluding steroid dienone is 3. The number of benzene rings is 1. The maximum atomic E-state index is 12.4. The summed E-state index contributed by atoms with van der Waals surface area (Å²) in [6.45, 7) is 8.06. The van der Waals surface area contributed by atoms with Gasteiger partial charge in [0, 0.05) is 29.0 Å². The van der Waals surface area contributed by atoms with Crippen LogP contribution in [0.2, 0.25) is 5.02 Å². The first-order valence-corrected chi connectivity index (χ1v) is 10.1. The number of esters is 1. The van der Waals surface area contributed by atoms with Gasteiger partial charge >= 0.3 is 5.97 Å². The third kappa shape index (κ3) is 5.54. The van der Waals surface area contributed by atoms with Gasteiger partial charge in [-0.15, -0.1) is 0 Å². The van der Waals surface area contributed by atoms with Crippen LogP contribution in [0.3, 0.4) is 0 Å². The first-order valence-electron chi connectivity index (χ1n) is 9.70. The third-order valence-electron chi connectivity index (χ3n) is 4.77. The standard InChI is InChI=1S/C22H28ClN3O4/c1-12(2)25-10-15(27)11-30-16-6-7-17(19(23)8-16)21-18(9-24)13(3)26-14(4)20(21)22(28)29-5/h6-8,12,15,21,25-27H,10-11H2,1-5H3/t15-,21?/m0/s1. The molecule has 0 aromatic heterocycles. The van der Waals surface area contributed by atoms with E-state index in [2.05, 4.69) is 16.7 Å². The molecule has 0 aliphatic carbocycles. The molecule has 2 rings (SSSR count). The highest BCUT2D eigenvalue weighted by atomic mass is 35.5. The number of carbonyl (C=O) groups is 1. The van der Waals surface area contributed by atoms with Crippen molar-refractivity contribution in [2.24, 2.45) is 0 Å². The second-order valence-corrected chi connectivity index (χ2v) is 7.86. The SMILES string of the molecule is COC(=O)C1=C(C)NC(C)=C(C#N)C1c1ccc(OC[C@@H](O)CNC(C)C)cc1Cl. The van der Waals surface area contributed by atoms with Gasteiger partial charge < -0.3 is 25.2 Å². The van der Waals surface area contributed by atoms with Crippen LogP contribution in [0.5, 0.6) is 5.75 Å². The van der Waals surface area contributed by atoms with Crippen LogP contribution in [0.15, 0.2) is 40.7 Å². The fourth-order valence-corrected chi connectivity index (χ4v) is 3.57. The van der Waals surface area contributed by atoms with E-state index in [9.17, 15) is 15.2 Å². The number of hydrogen-bond acceptors (Lipinski definition) is 7. The van der Waals surface area contributed by atoms with Gasteiger partial charge in [0.05, 0.1) is 30.2 Å². The summed E-state index contributed by atoms with van der Waals surface area (Å²) in [4.78, 5) is 12.4. The third-order valence-corrected chi connectivity index (χ3v) is 5.10. The minimum atomic E-state index is -0.664. The van der Waals surface area contributed by atoms with Gasteiger partial charge in [-0.2, -0.15) is 5.26 Å². The Kier molecular flexibility index (Phi) is 8.30. The molecule has 1 aromatic rings. The summed E-state index contributed by atoms with van der Waals surface area (Å²) in [5.74, 6) is -0.686. The molecule has 1 aromatic carbocycles. The fraction of sp³-hybridized carbons (Fsp3) is 0.455. The number of carbonyl (C=O) groups excluding carboxylic acids is 1. The van der Waals surface area contributed by atoms with E-state index < -0.39 is 18.0 Å². The van der Waals surface area contributed by atoms with E-state index >= 15 is 0 Å². The molecule has 1 aliphatic heterocycles.